The minimum Gasteiger partial charge on any atom is -0.354 e. The van der Waals surface area contributed by atoms with Crippen LogP contribution in [0.1, 0.15) is 46.1 Å². The quantitative estimate of drug-likeness (QED) is 0.736. The van der Waals surface area contributed by atoms with E-state index in [4.69, 9.17) is 11.6 Å². The normalized spacial score (nSPS) is 12.1. The minimum absolute atomic E-state index is 0.0295. The van der Waals surface area contributed by atoms with Gasteiger partial charge in [0, 0.05) is 24.0 Å². The maximum absolute atomic E-state index is 12.5. The van der Waals surface area contributed by atoms with Crippen molar-refractivity contribution in [3.8, 4) is 0 Å². The van der Waals surface area contributed by atoms with Gasteiger partial charge in [0.1, 0.15) is 6.04 Å². The molecule has 1 aromatic rings. The molecule has 0 fully saturated rings. The lowest BCUT2D eigenvalue weighted by atomic mass is 10.1. The Hall–Kier alpha value is -1.55. The number of amides is 2. The molecule has 0 aliphatic rings. The number of halogens is 1. The smallest absolute Gasteiger partial charge is 0.242 e. The highest BCUT2D eigenvalue weighted by molar-refractivity contribution is 6.30. The second-order valence-electron chi connectivity index (χ2n) is 6.07. The van der Waals surface area contributed by atoms with Crippen molar-refractivity contribution in [1.29, 1.82) is 0 Å². The van der Waals surface area contributed by atoms with Gasteiger partial charge >= 0.3 is 0 Å². The molecule has 0 unspecified atom stereocenters. The molecule has 1 N–H and O–H groups in total. The number of nitrogens with zero attached hydrogens (tertiary/aromatic N) is 1. The van der Waals surface area contributed by atoms with Crippen molar-refractivity contribution in [2.45, 2.75) is 53.1 Å². The van der Waals surface area contributed by atoms with Crippen LogP contribution in [0.2, 0.25) is 5.02 Å². The molecule has 0 aromatic heterocycles. The van der Waals surface area contributed by atoms with Crippen LogP contribution >= 0.6 is 11.6 Å². The maximum Gasteiger partial charge on any atom is 0.242 e. The fraction of sp³-hybridized carbons (Fsp3) is 0.556. The van der Waals surface area contributed by atoms with Gasteiger partial charge in [-0.3, -0.25) is 9.59 Å². The Kier molecular flexibility index (Phi) is 8.10. The molecule has 1 aromatic carbocycles. The fourth-order valence-corrected chi connectivity index (χ4v) is 2.33. The van der Waals surface area contributed by atoms with E-state index in [9.17, 15) is 9.59 Å². The lowest BCUT2D eigenvalue weighted by Crippen LogP contribution is -2.49. The van der Waals surface area contributed by atoms with Crippen molar-refractivity contribution >= 4 is 23.4 Å². The molecule has 128 valence electrons. The first-order chi connectivity index (χ1) is 10.9. The summed E-state index contributed by atoms with van der Waals surface area (Å²) in [6.45, 7) is 8.58. The van der Waals surface area contributed by atoms with Gasteiger partial charge in [-0.1, -0.05) is 50.9 Å². The van der Waals surface area contributed by atoms with Crippen LogP contribution in [0.4, 0.5) is 0 Å². The summed E-state index contributed by atoms with van der Waals surface area (Å²) < 4.78 is 0. The number of unbranched alkanes of at least 4 members (excludes halogenated alkanes) is 1. The Bertz CT molecular complexity index is 514. The maximum atomic E-state index is 12.5. The number of carbonyl (C=O) groups is 2. The Morgan fingerprint density at radius 1 is 1.17 bits per heavy atom. The second kappa shape index (κ2) is 9.56. The predicted molar refractivity (Wildman–Crippen MR) is 94.2 cm³/mol. The van der Waals surface area contributed by atoms with E-state index in [2.05, 4.69) is 12.2 Å². The summed E-state index contributed by atoms with van der Waals surface area (Å²) in [6, 6.07) is 6.84. The van der Waals surface area contributed by atoms with Crippen molar-refractivity contribution in [3.05, 3.63) is 34.9 Å². The summed E-state index contributed by atoms with van der Waals surface area (Å²) in [4.78, 5) is 26.4. The van der Waals surface area contributed by atoms with E-state index in [1.807, 2.05) is 26.0 Å². The molecule has 1 rings (SSSR count). The molecule has 0 radical (unpaired) electrons. The average molecular weight is 339 g/mol. The molecule has 0 saturated heterocycles. The number of benzene rings is 1. The lowest BCUT2D eigenvalue weighted by Gasteiger charge is -2.30. The number of hydrogen-bond acceptors (Lipinski definition) is 2. The zero-order valence-electron chi connectivity index (χ0n) is 14.4. The second-order valence-corrected chi connectivity index (χ2v) is 6.50. The largest absolute Gasteiger partial charge is 0.354 e. The first-order valence-electron chi connectivity index (χ1n) is 8.19. The van der Waals surface area contributed by atoms with Crippen LogP contribution in [-0.2, 0) is 16.1 Å². The topological polar surface area (TPSA) is 49.4 Å². The number of carbonyl (C=O) groups excluding carboxylic acids is 2. The van der Waals surface area contributed by atoms with E-state index >= 15 is 0 Å². The Labute approximate surface area is 144 Å². The van der Waals surface area contributed by atoms with Crippen molar-refractivity contribution in [2.24, 2.45) is 5.92 Å². The van der Waals surface area contributed by atoms with Crippen LogP contribution in [0, 0.1) is 5.92 Å². The third-order valence-electron chi connectivity index (χ3n) is 3.72. The first-order valence-corrected chi connectivity index (χ1v) is 8.57. The summed E-state index contributed by atoms with van der Waals surface area (Å²) in [5.41, 5.74) is 0.955. The van der Waals surface area contributed by atoms with Gasteiger partial charge in [0.2, 0.25) is 11.8 Å². The molecule has 0 heterocycles. The summed E-state index contributed by atoms with van der Waals surface area (Å²) in [6.07, 6.45) is 1.96. The molecule has 1 atom stereocenters. The van der Waals surface area contributed by atoms with Crippen molar-refractivity contribution in [1.82, 2.24) is 10.2 Å². The first kappa shape index (κ1) is 19.5. The highest BCUT2D eigenvalue weighted by Crippen LogP contribution is 2.15. The predicted octanol–water partition coefficient (Wildman–Crippen LogP) is 3.63. The molecule has 0 saturated carbocycles. The molecule has 0 bridgehead atoms. The van der Waals surface area contributed by atoms with Gasteiger partial charge < -0.3 is 10.2 Å². The third-order valence-corrected chi connectivity index (χ3v) is 3.97. The summed E-state index contributed by atoms with van der Waals surface area (Å²) in [7, 11) is 0. The Morgan fingerprint density at radius 3 is 2.30 bits per heavy atom. The molecule has 0 spiro atoms. The van der Waals surface area contributed by atoms with Crippen LogP contribution in [0.15, 0.2) is 24.3 Å². The average Bonchev–Trinajstić information content (AvgIpc) is 2.53. The van der Waals surface area contributed by atoms with Gasteiger partial charge in [-0.05, 0) is 31.0 Å². The minimum atomic E-state index is -0.502. The van der Waals surface area contributed by atoms with E-state index in [0.717, 1.165) is 18.4 Å². The van der Waals surface area contributed by atoms with E-state index in [0.29, 0.717) is 18.1 Å². The standard InChI is InChI=1S/C18H27ClN2O2/c1-5-6-11-20-17(22)14(4)21(18(23)13(2)3)12-15-7-9-16(19)10-8-15/h7-10,13-14H,5-6,11-12H2,1-4H3,(H,20,22)/t14-/m1/s1. The zero-order valence-corrected chi connectivity index (χ0v) is 15.2. The zero-order chi connectivity index (χ0) is 17.4. The summed E-state index contributed by atoms with van der Waals surface area (Å²) in [5.74, 6) is -0.298. The molecule has 2 amide bonds. The number of hydrogen-bond donors (Lipinski definition) is 1. The van der Waals surface area contributed by atoms with E-state index < -0.39 is 6.04 Å². The summed E-state index contributed by atoms with van der Waals surface area (Å²) >= 11 is 5.90. The van der Waals surface area contributed by atoms with Crippen molar-refractivity contribution in [2.75, 3.05) is 6.54 Å². The van der Waals surface area contributed by atoms with Gasteiger partial charge in [-0.25, -0.2) is 0 Å². The SMILES string of the molecule is CCCCNC(=O)[C@@H](C)N(Cc1ccc(Cl)cc1)C(=O)C(C)C. The van der Waals surface area contributed by atoms with Crippen LogP contribution in [0.5, 0.6) is 0 Å². The van der Waals surface area contributed by atoms with Gasteiger partial charge in [-0.2, -0.15) is 0 Å². The van der Waals surface area contributed by atoms with Crippen molar-refractivity contribution in [3.63, 3.8) is 0 Å². The molecule has 0 aliphatic carbocycles. The van der Waals surface area contributed by atoms with E-state index in [1.165, 1.54) is 0 Å². The highest BCUT2D eigenvalue weighted by Gasteiger charge is 2.27. The van der Waals surface area contributed by atoms with Gasteiger partial charge in [0.15, 0.2) is 0 Å². The van der Waals surface area contributed by atoms with Crippen LogP contribution in [-0.4, -0.2) is 29.3 Å². The number of nitrogens with one attached hydrogen (secondary N) is 1. The van der Waals surface area contributed by atoms with Crippen molar-refractivity contribution < 1.29 is 9.59 Å². The summed E-state index contributed by atoms with van der Waals surface area (Å²) in [5, 5.41) is 3.55. The molecular weight excluding hydrogens is 312 g/mol. The monoisotopic (exact) mass is 338 g/mol. The molecule has 5 heteroatoms. The molecule has 0 aliphatic heterocycles. The van der Waals surface area contributed by atoms with Crippen LogP contribution < -0.4 is 5.32 Å². The molecular formula is C18H27ClN2O2. The molecule has 4 nitrogen and oxygen atoms in total. The molecule has 23 heavy (non-hydrogen) atoms. The van der Waals surface area contributed by atoms with Gasteiger partial charge in [-0.15, -0.1) is 0 Å². The van der Waals surface area contributed by atoms with Gasteiger partial charge in [0.25, 0.3) is 0 Å². The Morgan fingerprint density at radius 2 is 1.78 bits per heavy atom. The van der Waals surface area contributed by atoms with Crippen LogP contribution in [0.3, 0.4) is 0 Å². The third kappa shape index (κ3) is 6.22. The highest BCUT2D eigenvalue weighted by atomic mass is 35.5. The number of rotatable bonds is 8. The fourth-order valence-electron chi connectivity index (χ4n) is 2.20. The Balaban J connectivity index is 2.84. The lowest BCUT2D eigenvalue weighted by molar-refractivity contribution is -0.143. The van der Waals surface area contributed by atoms with Gasteiger partial charge in [0.05, 0.1) is 0 Å². The van der Waals surface area contributed by atoms with Crippen LogP contribution in [0.25, 0.3) is 0 Å². The van der Waals surface area contributed by atoms with E-state index in [-0.39, 0.29) is 17.7 Å². The van der Waals surface area contributed by atoms with E-state index in [1.54, 1.807) is 24.0 Å².